The molecule has 23 heavy (non-hydrogen) atoms. The molecule has 1 heterocycles. The molecule has 0 radical (unpaired) electrons. The minimum atomic E-state index is -0.158. The molecule has 0 aliphatic carbocycles. The molecule has 0 bridgehead atoms. The number of rotatable bonds is 7. The summed E-state index contributed by atoms with van der Waals surface area (Å²) >= 11 is 0. The minimum Gasteiger partial charge on any atom is -0.506 e. The van der Waals surface area contributed by atoms with E-state index in [1.165, 1.54) is 6.21 Å². The van der Waals surface area contributed by atoms with Crippen LogP contribution in [0.2, 0.25) is 0 Å². The number of pyridine rings is 1. The number of aliphatic imine (C=N–C) groups is 1. The van der Waals surface area contributed by atoms with Crippen molar-refractivity contribution in [2.45, 2.75) is 53.0 Å². The molecule has 1 aromatic heterocycles. The van der Waals surface area contributed by atoms with E-state index < -0.39 is 0 Å². The Bertz CT molecular complexity index is 760. The van der Waals surface area contributed by atoms with Crippen molar-refractivity contribution in [3.05, 3.63) is 39.7 Å². The van der Waals surface area contributed by atoms with Gasteiger partial charge in [0.1, 0.15) is 11.3 Å². The number of aromatic nitrogens is 1. The second kappa shape index (κ2) is 7.95. The third kappa shape index (κ3) is 3.81. The van der Waals surface area contributed by atoms with Crippen LogP contribution in [0, 0.1) is 6.92 Å². The van der Waals surface area contributed by atoms with Crippen molar-refractivity contribution in [3.63, 3.8) is 0 Å². The van der Waals surface area contributed by atoms with Gasteiger partial charge in [0.25, 0.3) is 5.56 Å². The SMILES string of the molecule is CCCCN=Cc1c(O)c2ccc(C)cc2n(CCCC)c1=O. The third-order valence-corrected chi connectivity index (χ3v) is 4.03. The van der Waals surface area contributed by atoms with E-state index in [-0.39, 0.29) is 11.3 Å². The average Bonchev–Trinajstić information content (AvgIpc) is 2.54. The van der Waals surface area contributed by atoms with Crippen molar-refractivity contribution < 1.29 is 5.11 Å². The van der Waals surface area contributed by atoms with E-state index in [1.807, 2.05) is 25.1 Å². The number of aryl methyl sites for hydroxylation is 2. The van der Waals surface area contributed by atoms with Crippen molar-refractivity contribution >= 4 is 17.1 Å². The van der Waals surface area contributed by atoms with Crippen LogP contribution in [0.1, 0.15) is 50.7 Å². The van der Waals surface area contributed by atoms with Gasteiger partial charge in [0.05, 0.1) is 5.52 Å². The molecule has 4 nitrogen and oxygen atoms in total. The van der Waals surface area contributed by atoms with Crippen LogP contribution in [0.3, 0.4) is 0 Å². The van der Waals surface area contributed by atoms with Gasteiger partial charge in [0.2, 0.25) is 0 Å². The molecule has 1 N–H and O–H groups in total. The van der Waals surface area contributed by atoms with Crippen LogP contribution in [-0.4, -0.2) is 22.4 Å². The van der Waals surface area contributed by atoms with Crippen molar-refractivity contribution in [1.29, 1.82) is 0 Å². The van der Waals surface area contributed by atoms with Crippen LogP contribution in [0.15, 0.2) is 28.0 Å². The maximum absolute atomic E-state index is 12.8. The Morgan fingerprint density at radius 3 is 2.65 bits per heavy atom. The Balaban J connectivity index is 2.61. The van der Waals surface area contributed by atoms with E-state index in [4.69, 9.17) is 0 Å². The van der Waals surface area contributed by atoms with Gasteiger partial charge in [-0.2, -0.15) is 0 Å². The summed E-state index contributed by atoms with van der Waals surface area (Å²) in [5.74, 6) is 0.0398. The van der Waals surface area contributed by atoms with Gasteiger partial charge in [-0.3, -0.25) is 9.79 Å². The summed E-state index contributed by atoms with van der Waals surface area (Å²) in [6.07, 6.45) is 5.52. The summed E-state index contributed by atoms with van der Waals surface area (Å²) in [6.45, 7) is 7.53. The van der Waals surface area contributed by atoms with Crippen LogP contribution in [0.4, 0.5) is 0 Å². The highest BCUT2D eigenvalue weighted by Crippen LogP contribution is 2.26. The van der Waals surface area contributed by atoms with Crippen LogP contribution < -0.4 is 5.56 Å². The summed E-state index contributed by atoms with van der Waals surface area (Å²) in [7, 11) is 0. The van der Waals surface area contributed by atoms with Crippen molar-refractivity contribution in [2.24, 2.45) is 4.99 Å². The molecule has 1 aromatic carbocycles. The third-order valence-electron chi connectivity index (χ3n) is 4.03. The zero-order chi connectivity index (χ0) is 16.8. The molecule has 0 amide bonds. The molecule has 0 saturated heterocycles. The number of unbranched alkanes of at least 4 members (excludes halogenated alkanes) is 2. The average molecular weight is 314 g/mol. The smallest absolute Gasteiger partial charge is 0.263 e. The lowest BCUT2D eigenvalue weighted by molar-refractivity contribution is 0.477. The molecule has 124 valence electrons. The molecule has 2 rings (SSSR count). The first kappa shape index (κ1) is 17.3. The van der Waals surface area contributed by atoms with Gasteiger partial charge in [-0.15, -0.1) is 0 Å². The topological polar surface area (TPSA) is 54.6 Å². The molecule has 0 aliphatic heterocycles. The Hall–Kier alpha value is -2.10. The lowest BCUT2D eigenvalue weighted by Gasteiger charge is -2.14. The number of fused-ring (bicyclic) bond motifs is 1. The molecule has 0 spiro atoms. The van der Waals surface area contributed by atoms with Crippen molar-refractivity contribution in [2.75, 3.05) is 6.54 Å². The van der Waals surface area contributed by atoms with Gasteiger partial charge in [0.15, 0.2) is 0 Å². The fraction of sp³-hybridized carbons (Fsp3) is 0.474. The number of hydrogen-bond donors (Lipinski definition) is 1. The summed E-state index contributed by atoms with van der Waals surface area (Å²) in [5, 5.41) is 11.2. The van der Waals surface area contributed by atoms with Crippen molar-refractivity contribution in [3.8, 4) is 5.75 Å². The summed E-state index contributed by atoms with van der Waals surface area (Å²) in [4.78, 5) is 17.1. The molecule has 0 unspecified atom stereocenters. The fourth-order valence-electron chi connectivity index (χ4n) is 2.63. The summed E-state index contributed by atoms with van der Waals surface area (Å²) in [6, 6.07) is 5.80. The molecule has 0 aliphatic rings. The minimum absolute atomic E-state index is 0.0398. The fourth-order valence-corrected chi connectivity index (χ4v) is 2.63. The lowest BCUT2D eigenvalue weighted by atomic mass is 10.1. The lowest BCUT2D eigenvalue weighted by Crippen LogP contribution is -2.24. The zero-order valence-corrected chi connectivity index (χ0v) is 14.3. The monoisotopic (exact) mass is 314 g/mol. The highest BCUT2D eigenvalue weighted by Gasteiger charge is 2.14. The molecular weight excluding hydrogens is 288 g/mol. The Labute approximate surface area is 137 Å². The standard InChI is InChI=1S/C19H26N2O2/c1-4-6-10-20-13-16-18(22)15-9-8-14(3)12-17(15)21(19(16)23)11-7-5-2/h8-9,12-13,22H,4-7,10-11H2,1-3H3. The second-order valence-corrected chi connectivity index (χ2v) is 5.98. The second-order valence-electron chi connectivity index (χ2n) is 5.98. The summed E-state index contributed by atoms with van der Waals surface area (Å²) < 4.78 is 1.77. The van der Waals surface area contributed by atoms with E-state index >= 15 is 0 Å². The molecule has 0 atom stereocenters. The van der Waals surface area contributed by atoms with E-state index in [9.17, 15) is 9.90 Å². The Morgan fingerprint density at radius 1 is 1.22 bits per heavy atom. The van der Waals surface area contributed by atoms with Crippen LogP contribution in [-0.2, 0) is 6.54 Å². The molecule has 0 saturated carbocycles. The maximum atomic E-state index is 12.8. The Kier molecular flexibility index (Phi) is 5.97. The van der Waals surface area contributed by atoms with Gasteiger partial charge in [0, 0.05) is 24.7 Å². The Morgan fingerprint density at radius 2 is 1.96 bits per heavy atom. The van der Waals surface area contributed by atoms with E-state index in [0.29, 0.717) is 24.0 Å². The first-order chi connectivity index (χ1) is 11.1. The van der Waals surface area contributed by atoms with Gasteiger partial charge in [-0.05, 0) is 37.5 Å². The molecule has 0 fully saturated rings. The van der Waals surface area contributed by atoms with Crippen molar-refractivity contribution in [1.82, 2.24) is 4.57 Å². The molecular formula is C19H26N2O2. The number of nitrogens with zero attached hydrogens (tertiary/aromatic N) is 2. The first-order valence-corrected chi connectivity index (χ1v) is 8.46. The number of benzene rings is 1. The van der Waals surface area contributed by atoms with E-state index in [0.717, 1.165) is 36.8 Å². The van der Waals surface area contributed by atoms with Crippen LogP contribution in [0.25, 0.3) is 10.9 Å². The maximum Gasteiger partial charge on any atom is 0.263 e. The molecule has 4 heteroatoms. The van der Waals surface area contributed by atoms with E-state index in [1.54, 1.807) is 4.57 Å². The van der Waals surface area contributed by atoms with Crippen LogP contribution >= 0.6 is 0 Å². The van der Waals surface area contributed by atoms with Gasteiger partial charge in [-0.25, -0.2) is 0 Å². The number of aromatic hydroxyl groups is 1. The number of hydrogen-bond acceptors (Lipinski definition) is 3. The predicted molar refractivity (Wildman–Crippen MR) is 96.9 cm³/mol. The van der Waals surface area contributed by atoms with Gasteiger partial charge < -0.3 is 9.67 Å². The largest absolute Gasteiger partial charge is 0.506 e. The zero-order valence-electron chi connectivity index (χ0n) is 14.3. The first-order valence-electron chi connectivity index (χ1n) is 8.46. The normalized spacial score (nSPS) is 11.6. The predicted octanol–water partition coefficient (Wildman–Crippen LogP) is 4.03. The van der Waals surface area contributed by atoms with E-state index in [2.05, 4.69) is 18.8 Å². The van der Waals surface area contributed by atoms with Gasteiger partial charge in [-0.1, -0.05) is 32.8 Å². The quantitative estimate of drug-likeness (QED) is 0.619. The molecule has 2 aromatic rings. The van der Waals surface area contributed by atoms with Crippen LogP contribution in [0.5, 0.6) is 5.75 Å². The highest BCUT2D eigenvalue weighted by molar-refractivity contribution is 5.95. The highest BCUT2D eigenvalue weighted by atomic mass is 16.3. The van der Waals surface area contributed by atoms with Gasteiger partial charge >= 0.3 is 0 Å². The summed E-state index contributed by atoms with van der Waals surface area (Å²) in [5.41, 5.74) is 2.01.